The molecule has 1 fully saturated rings. The summed E-state index contributed by atoms with van der Waals surface area (Å²) in [4.78, 5) is 6.80. The molecule has 0 aliphatic carbocycles. The minimum Gasteiger partial charge on any atom is -1.00 e. The van der Waals surface area contributed by atoms with Gasteiger partial charge in [0.1, 0.15) is 11.3 Å². The van der Waals surface area contributed by atoms with E-state index in [-0.39, 0.29) is 24.0 Å². The number of benzene rings is 1. The number of hydrogen-bond acceptors (Lipinski definition) is 4. The van der Waals surface area contributed by atoms with Crippen molar-refractivity contribution in [2.75, 3.05) is 51.8 Å². The molecule has 1 aliphatic rings. The lowest BCUT2D eigenvalue weighted by Gasteiger charge is -2.40. The lowest BCUT2D eigenvalue weighted by Crippen LogP contribution is -3.00. The third-order valence-corrected chi connectivity index (χ3v) is 4.24. The molecule has 1 aliphatic heterocycles. The second kappa shape index (κ2) is 6.87. The molecule has 0 unspecified atom stereocenters. The number of fused-ring (bicyclic) bond motifs is 1. The topological polar surface area (TPSA) is 38.5 Å². The molecule has 0 amide bonds. The largest absolute Gasteiger partial charge is 1.00 e. The van der Waals surface area contributed by atoms with Gasteiger partial charge in [0, 0.05) is 6.07 Å². The van der Waals surface area contributed by atoms with Gasteiger partial charge >= 0.3 is 0 Å². The van der Waals surface area contributed by atoms with Crippen LogP contribution in [-0.4, -0.2) is 56.3 Å². The van der Waals surface area contributed by atoms with E-state index in [0.717, 1.165) is 54.1 Å². The second-order valence-electron chi connectivity index (χ2n) is 5.86. The number of oxazole rings is 1. The predicted molar refractivity (Wildman–Crippen MR) is 83.8 cm³/mol. The molecule has 0 atom stereocenters. The van der Waals surface area contributed by atoms with Gasteiger partial charge in [-0.15, -0.1) is 0 Å². The smallest absolute Gasteiger partial charge is 0.298 e. The van der Waals surface area contributed by atoms with E-state index in [0.29, 0.717) is 6.01 Å². The van der Waals surface area contributed by atoms with Gasteiger partial charge in [-0.3, -0.25) is 0 Å². The van der Waals surface area contributed by atoms with Crippen molar-refractivity contribution in [2.24, 2.45) is 0 Å². The number of rotatable bonds is 4. The highest BCUT2D eigenvalue weighted by molar-refractivity contribution is 5.76. The van der Waals surface area contributed by atoms with Crippen LogP contribution in [-0.2, 0) is 0 Å². The zero-order valence-electron chi connectivity index (χ0n) is 13.1. The van der Waals surface area contributed by atoms with Crippen molar-refractivity contribution in [3.8, 4) is 5.75 Å². The number of methoxy groups -OCH3 is 1. The van der Waals surface area contributed by atoms with Crippen LogP contribution in [0, 0.1) is 0 Å². The monoisotopic (exact) mass is 415 g/mol. The van der Waals surface area contributed by atoms with Crippen molar-refractivity contribution >= 4 is 17.1 Å². The number of likely N-dealkylation sites (N-methyl/N-ethyl adjacent to an activating group) is 1. The van der Waals surface area contributed by atoms with E-state index in [1.165, 1.54) is 0 Å². The van der Waals surface area contributed by atoms with E-state index in [2.05, 4.69) is 23.5 Å². The summed E-state index contributed by atoms with van der Waals surface area (Å²) in [5, 5.41) is 0. The first-order chi connectivity index (χ1) is 10.1. The number of aromatic nitrogens is 1. The molecule has 0 bridgehead atoms. The third-order valence-electron chi connectivity index (χ3n) is 4.24. The average molecular weight is 415 g/mol. The molecule has 0 radical (unpaired) electrons. The maximum absolute atomic E-state index is 5.89. The van der Waals surface area contributed by atoms with Crippen LogP contribution in [0.25, 0.3) is 11.1 Å². The Morgan fingerprint density at radius 1 is 1.41 bits per heavy atom. The number of ether oxygens (including phenoxy) is 1. The number of piperazine rings is 1. The van der Waals surface area contributed by atoms with Crippen LogP contribution < -0.4 is 33.6 Å². The van der Waals surface area contributed by atoms with Gasteiger partial charge in [0.25, 0.3) is 6.01 Å². The van der Waals surface area contributed by atoms with Gasteiger partial charge in [0.15, 0.2) is 5.58 Å². The van der Waals surface area contributed by atoms with Crippen LogP contribution in [0.2, 0.25) is 0 Å². The van der Waals surface area contributed by atoms with Crippen LogP contribution in [0.5, 0.6) is 5.75 Å². The molecule has 120 valence electrons. The molecular weight excluding hydrogens is 393 g/mol. The first kappa shape index (κ1) is 17.1. The molecule has 5 nitrogen and oxygen atoms in total. The minimum atomic E-state index is 0. The fourth-order valence-corrected chi connectivity index (χ4v) is 2.79. The molecule has 0 N–H and O–H groups in total. The highest BCUT2D eigenvalue weighted by atomic mass is 127. The van der Waals surface area contributed by atoms with Gasteiger partial charge < -0.3 is 42.5 Å². The summed E-state index contributed by atoms with van der Waals surface area (Å²) in [6.07, 6.45) is 2.00. The number of nitrogens with zero attached hydrogens (tertiary/aromatic N) is 3. The Labute approximate surface area is 148 Å². The van der Waals surface area contributed by atoms with E-state index in [4.69, 9.17) is 9.15 Å². The zero-order chi connectivity index (χ0) is 14.9. The normalized spacial score (nSPS) is 17.1. The molecule has 22 heavy (non-hydrogen) atoms. The van der Waals surface area contributed by atoms with Crippen molar-refractivity contribution < 1.29 is 37.6 Å². The Balaban J connectivity index is 0.00000176. The Morgan fingerprint density at radius 3 is 2.77 bits per heavy atom. The van der Waals surface area contributed by atoms with Gasteiger partial charge in [-0.05, 0) is 18.2 Å². The van der Waals surface area contributed by atoms with Gasteiger partial charge in [-0.2, -0.15) is 4.98 Å². The summed E-state index contributed by atoms with van der Waals surface area (Å²) in [6.45, 7) is 8.92. The van der Waals surface area contributed by atoms with Crippen LogP contribution in [0.1, 0.15) is 0 Å². The van der Waals surface area contributed by atoms with Crippen molar-refractivity contribution in [2.45, 2.75) is 0 Å². The highest BCUT2D eigenvalue weighted by Crippen LogP contribution is 2.26. The SMILES string of the molecule is C=CC[N+]1(C)CCN(c2nc3ccc(OC)cc3o2)CC1.[I-]. The highest BCUT2D eigenvalue weighted by Gasteiger charge is 2.29. The van der Waals surface area contributed by atoms with Crippen LogP contribution in [0.3, 0.4) is 0 Å². The Hall–Kier alpha value is -1.28. The first-order valence-electron chi connectivity index (χ1n) is 7.27. The number of quaternary nitrogens is 1. The van der Waals surface area contributed by atoms with E-state index in [9.17, 15) is 0 Å². The maximum atomic E-state index is 5.89. The quantitative estimate of drug-likeness (QED) is 0.376. The van der Waals surface area contributed by atoms with Crippen molar-refractivity contribution in [3.05, 3.63) is 30.9 Å². The molecule has 0 saturated carbocycles. The molecule has 0 spiro atoms. The number of hydrogen-bond donors (Lipinski definition) is 0. The summed E-state index contributed by atoms with van der Waals surface area (Å²) in [7, 11) is 3.93. The Kier molecular flexibility index (Phi) is 5.33. The molecule has 1 aromatic heterocycles. The van der Waals surface area contributed by atoms with Crippen molar-refractivity contribution in [1.29, 1.82) is 0 Å². The Bertz CT molecular complexity index is 648. The molecule has 3 rings (SSSR count). The predicted octanol–water partition coefficient (Wildman–Crippen LogP) is -0.707. The zero-order valence-corrected chi connectivity index (χ0v) is 15.2. The van der Waals surface area contributed by atoms with E-state index in [1.807, 2.05) is 24.3 Å². The molecule has 2 heterocycles. The summed E-state index contributed by atoms with van der Waals surface area (Å²) in [5.74, 6) is 0.791. The minimum absolute atomic E-state index is 0. The van der Waals surface area contributed by atoms with Gasteiger partial charge in [0.2, 0.25) is 0 Å². The molecular formula is C16H22IN3O2. The lowest BCUT2D eigenvalue weighted by molar-refractivity contribution is -0.904. The van der Waals surface area contributed by atoms with Crippen molar-refractivity contribution in [3.63, 3.8) is 0 Å². The van der Waals surface area contributed by atoms with Crippen LogP contribution in [0.15, 0.2) is 35.3 Å². The summed E-state index contributed by atoms with van der Waals surface area (Å²) in [5.41, 5.74) is 1.65. The second-order valence-corrected chi connectivity index (χ2v) is 5.86. The number of halogens is 1. The fraction of sp³-hybridized carbons (Fsp3) is 0.438. The van der Waals surface area contributed by atoms with Crippen LogP contribution >= 0.6 is 0 Å². The van der Waals surface area contributed by atoms with Gasteiger partial charge in [0.05, 0.1) is 46.9 Å². The fourth-order valence-electron chi connectivity index (χ4n) is 2.79. The molecule has 2 aromatic rings. The molecule has 6 heteroatoms. The third kappa shape index (κ3) is 3.38. The van der Waals surface area contributed by atoms with E-state index >= 15 is 0 Å². The standard InChI is InChI=1S/C16H22N3O2.HI/c1-4-9-19(2)10-7-18(8-11-19)16-17-14-6-5-13(20-3)12-15(14)21-16;/h4-6,12H,1,7-11H2,2-3H3;1H/q+1;/p-1. The summed E-state index contributed by atoms with van der Waals surface area (Å²) in [6, 6.07) is 6.43. The Morgan fingerprint density at radius 2 is 2.14 bits per heavy atom. The van der Waals surface area contributed by atoms with Gasteiger partial charge in [-0.1, -0.05) is 6.58 Å². The van der Waals surface area contributed by atoms with Crippen LogP contribution in [0.4, 0.5) is 6.01 Å². The van der Waals surface area contributed by atoms with Gasteiger partial charge in [-0.25, -0.2) is 0 Å². The maximum Gasteiger partial charge on any atom is 0.298 e. The first-order valence-corrected chi connectivity index (χ1v) is 7.27. The molecule has 1 aromatic carbocycles. The summed E-state index contributed by atoms with van der Waals surface area (Å²) < 4.78 is 12.1. The lowest BCUT2D eigenvalue weighted by atomic mass is 10.2. The van der Waals surface area contributed by atoms with Crippen molar-refractivity contribution in [1.82, 2.24) is 4.98 Å². The summed E-state index contributed by atoms with van der Waals surface area (Å²) >= 11 is 0. The molecule has 1 saturated heterocycles. The number of anilines is 1. The average Bonchev–Trinajstić information content (AvgIpc) is 2.90. The van der Waals surface area contributed by atoms with E-state index in [1.54, 1.807) is 7.11 Å². The van der Waals surface area contributed by atoms with E-state index < -0.39 is 0 Å².